The lowest BCUT2D eigenvalue weighted by Gasteiger charge is -2.22. The van der Waals surface area contributed by atoms with Crippen LogP contribution in [0.15, 0.2) is 24.3 Å². The minimum absolute atomic E-state index is 0.0772. The molecule has 0 fully saturated rings. The number of benzene rings is 2. The number of ether oxygens (including phenoxy) is 4. The molecule has 182 valence electrons. The number of rotatable bonds is 5. The van der Waals surface area contributed by atoms with Crippen LogP contribution in [0.2, 0.25) is 0 Å². The summed E-state index contributed by atoms with van der Waals surface area (Å²) in [6, 6.07) is 5.99. The minimum Gasteiger partial charge on any atom is -0.428 e. The molecule has 0 atom stereocenters. The van der Waals surface area contributed by atoms with E-state index in [0.29, 0.717) is 19.7 Å². The minimum atomic E-state index is -0.957. The highest BCUT2D eigenvalue weighted by Gasteiger charge is 2.26. The quantitative estimate of drug-likeness (QED) is 0.146. The number of aldehydes is 2. The van der Waals surface area contributed by atoms with E-state index in [-0.39, 0.29) is 33.8 Å². The predicted octanol–water partition coefficient (Wildman–Crippen LogP) is 6.82. The Morgan fingerprint density at radius 3 is 1.26 bits per heavy atom. The lowest BCUT2D eigenvalue weighted by atomic mass is 9.99. The topological polar surface area (TPSA) is 105 Å². The summed E-state index contributed by atoms with van der Waals surface area (Å²) in [6.45, 7) is 10.2. The molecule has 0 aliphatic heterocycles. The summed E-state index contributed by atoms with van der Waals surface area (Å²) in [5.74, 6) is 0.154. The molecule has 0 saturated heterocycles. The Morgan fingerprint density at radius 2 is 1.00 bits per heavy atom. The lowest BCUT2D eigenvalue weighted by molar-refractivity contribution is 0.0188. The summed E-state index contributed by atoms with van der Waals surface area (Å²) in [5.41, 5.74) is -0.539. The first kappa shape index (κ1) is 28.0. The number of carbonyl (C=O) groups excluding carboxylic acids is 4. The Bertz CT molecular complexity index is 1040. The number of halogens is 2. The normalized spacial score (nSPS) is 11.4. The van der Waals surface area contributed by atoms with Gasteiger partial charge in [-0.1, -0.05) is 0 Å². The monoisotopic (exact) mass is 694 g/mol. The van der Waals surface area contributed by atoms with Crippen molar-refractivity contribution in [2.45, 2.75) is 52.7 Å². The van der Waals surface area contributed by atoms with E-state index in [4.69, 9.17) is 18.9 Å². The fraction of sp³-hybridized carbons (Fsp3) is 0.333. The van der Waals surface area contributed by atoms with Crippen LogP contribution >= 0.6 is 45.2 Å². The Morgan fingerprint density at radius 1 is 0.676 bits per heavy atom. The van der Waals surface area contributed by atoms with Crippen molar-refractivity contribution in [3.8, 4) is 22.6 Å². The van der Waals surface area contributed by atoms with Crippen molar-refractivity contribution >= 4 is 70.1 Å². The summed E-state index contributed by atoms with van der Waals surface area (Å²) in [7, 11) is 0. The van der Waals surface area contributed by atoms with Crippen LogP contribution in [0.1, 0.15) is 62.3 Å². The zero-order valence-electron chi connectivity index (χ0n) is 19.5. The molecule has 0 bridgehead atoms. The molecule has 2 rings (SSSR count). The van der Waals surface area contributed by atoms with Crippen molar-refractivity contribution in [3.05, 3.63) is 42.5 Å². The molecule has 2 aromatic carbocycles. The third-order valence-corrected chi connectivity index (χ3v) is 5.45. The van der Waals surface area contributed by atoms with Gasteiger partial charge in [0.2, 0.25) is 0 Å². The highest BCUT2D eigenvalue weighted by atomic mass is 127. The second kappa shape index (κ2) is 11.0. The zero-order valence-corrected chi connectivity index (χ0v) is 23.8. The zero-order chi connectivity index (χ0) is 25.8. The van der Waals surface area contributed by atoms with E-state index in [2.05, 4.69) is 0 Å². The Kier molecular flexibility index (Phi) is 9.08. The largest absolute Gasteiger partial charge is 0.514 e. The van der Waals surface area contributed by atoms with Gasteiger partial charge in [-0.25, -0.2) is 9.59 Å². The van der Waals surface area contributed by atoms with Crippen molar-refractivity contribution in [2.75, 3.05) is 0 Å². The second-order valence-corrected chi connectivity index (χ2v) is 11.5. The van der Waals surface area contributed by atoms with Gasteiger partial charge in [0, 0.05) is 22.3 Å². The number of hydrogen-bond acceptors (Lipinski definition) is 8. The van der Waals surface area contributed by atoms with Crippen LogP contribution in [-0.4, -0.2) is 36.1 Å². The van der Waals surface area contributed by atoms with Crippen LogP contribution in [0.4, 0.5) is 9.59 Å². The van der Waals surface area contributed by atoms with Gasteiger partial charge in [-0.05, 0) is 111 Å². The van der Waals surface area contributed by atoms with Crippen LogP contribution < -0.4 is 9.47 Å². The Labute approximate surface area is 224 Å². The molecule has 0 aliphatic rings. The molecule has 2 aromatic rings. The summed E-state index contributed by atoms with van der Waals surface area (Å²) in [5, 5.41) is 0. The van der Waals surface area contributed by atoms with Gasteiger partial charge in [-0.2, -0.15) is 0 Å². The van der Waals surface area contributed by atoms with Crippen molar-refractivity contribution in [3.63, 3.8) is 0 Å². The van der Waals surface area contributed by atoms with Crippen molar-refractivity contribution < 1.29 is 38.1 Å². The fourth-order valence-electron chi connectivity index (χ4n) is 2.68. The third-order valence-electron chi connectivity index (χ3n) is 3.84. The van der Waals surface area contributed by atoms with Gasteiger partial charge in [0.05, 0.1) is 7.14 Å². The molecule has 0 N–H and O–H groups in total. The van der Waals surface area contributed by atoms with Crippen molar-refractivity contribution in [1.82, 2.24) is 0 Å². The molecular formula is C24H24I2O8. The molecule has 0 saturated carbocycles. The van der Waals surface area contributed by atoms with Gasteiger partial charge in [0.15, 0.2) is 11.5 Å². The first-order chi connectivity index (χ1) is 15.6. The molecule has 8 nitrogen and oxygen atoms in total. The van der Waals surface area contributed by atoms with Crippen LogP contribution in [-0.2, 0) is 9.47 Å². The Hall–Kier alpha value is -2.22. The Balaban J connectivity index is 2.72. The highest BCUT2D eigenvalue weighted by molar-refractivity contribution is 14.1. The van der Waals surface area contributed by atoms with Gasteiger partial charge < -0.3 is 18.9 Å². The molecule has 34 heavy (non-hydrogen) atoms. The molecule has 10 heteroatoms. The van der Waals surface area contributed by atoms with E-state index in [1.54, 1.807) is 41.5 Å². The maximum Gasteiger partial charge on any atom is 0.514 e. The molecule has 0 aromatic heterocycles. The van der Waals surface area contributed by atoms with E-state index < -0.39 is 23.5 Å². The van der Waals surface area contributed by atoms with E-state index in [1.165, 1.54) is 24.3 Å². The van der Waals surface area contributed by atoms with E-state index in [1.807, 2.05) is 45.2 Å². The standard InChI is InChI=1S/C24H24I2O8/c1-23(2,3)33-21(29)31-19-15(7-13(11-27)9-17(19)25)16-8-14(12-28)10-18(26)20(16)32-22(30)34-24(4,5)6/h7-12H,1-6H3. The summed E-state index contributed by atoms with van der Waals surface area (Å²) < 4.78 is 22.4. The average Bonchev–Trinajstić information content (AvgIpc) is 2.67. The molecule has 0 heterocycles. The third kappa shape index (κ3) is 7.93. The maximum atomic E-state index is 12.4. The van der Waals surface area contributed by atoms with Gasteiger partial charge in [0.1, 0.15) is 23.8 Å². The van der Waals surface area contributed by atoms with Crippen LogP contribution in [0, 0.1) is 7.14 Å². The molecule has 0 aliphatic carbocycles. The molecule has 0 radical (unpaired) electrons. The van der Waals surface area contributed by atoms with E-state index in [0.717, 1.165) is 0 Å². The summed E-state index contributed by atoms with van der Waals surface area (Å²) in [6.07, 6.45) is -0.653. The van der Waals surface area contributed by atoms with E-state index >= 15 is 0 Å². The average molecular weight is 694 g/mol. The molecule has 0 spiro atoms. The van der Waals surface area contributed by atoms with Crippen LogP contribution in [0.25, 0.3) is 11.1 Å². The number of hydrogen-bond donors (Lipinski definition) is 0. The number of carbonyl (C=O) groups is 4. The van der Waals surface area contributed by atoms with Gasteiger partial charge >= 0.3 is 12.3 Å². The summed E-state index contributed by atoms with van der Waals surface area (Å²) in [4.78, 5) is 48.0. The molecule has 0 amide bonds. The lowest BCUT2D eigenvalue weighted by Crippen LogP contribution is -2.26. The fourth-order valence-corrected chi connectivity index (χ4v) is 4.20. The van der Waals surface area contributed by atoms with Crippen LogP contribution in [0.3, 0.4) is 0 Å². The van der Waals surface area contributed by atoms with Gasteiger partial charge in [0.25, 0.3) is 0 Å². The van der Waals surface area contributed by atoms with Crippen molar-refractivity contribution in [1.29, 1.82) is 0 Å². The van der Waals surface area contributed by atoms with Crippen LogP contribution in [0.5, 0.6) is 11.5 Å². The first-order valence-electron chi connectivity index (χ1n) is 10.0. The highest BCUT2D eigenvalue weighted by Crippen LogP contribution is 2.43. The van der Waals surface area contributed by atoms with E-state index in [9.17, 15) is 19.2 Å². The second-order valence-electron chi connectivity index (χ2n) is 9.13. The SMILES string of the molecule is CC(C)(C)OC(=O)Oc1c(I)cc(C=O)cc1-c1cc(C=O)cc(I)c1OC(=O)OC(C)(C)C. The smallest absolute Gasteiger partial charge is 0.428 e. The summed E-state index contributed by atoms with van der Waals surface area (Å²) >= 11 is 3.84. The van der Waals surface area contributed by atoms with Crippen molar-refractivity contribution in [2.24, 2.45) is 0 Å². The maximum absolute atomic E-state index is 12.4. The predicted molar refractivity (Wildman–Crippen MR) is 142 cm³/mol. The molecular weight excluding hydrogens is 670 g/mol. The van der Waals surface area contributed by atoms with Gasteiger partial charge in [-0.15, -0.1) is 0 Å². The first-order valence-corrected chi connectivity index (χ1v) is 12.2. The van der Waals surface area contributed by atoms with Gasteiger partial charge in [-0.3, -0.25) is 9.59 Å². The molecule has 0 unspecified atom stereocenters.